The van der Waals surface area contributed by atoms with Crippen LogP contribution in [0.5, 0.6) is 5.75 Å². The molecule has 3 rings (SSSR count). The van der Waals surface area contributed by atoms with E-state index < -0.39 is 6.04 Å². The van der Waals surface area contributed by atoms with Gasteiger partial charge in [0.15, 0.2) is 0 Å². The molecular weight excluding hydrogens is 376 g/mol. The second kappa shape index (κ2) is 11.7. The van der Waals surface area contributed by atoms with Gasteiger partial charge < -0.3 is 15.4 Å². The molecule has 1 amide bonds. The van der Waals surface area contributed by atoms with Crippen LogP contribution >= 0.6 is 0 Å². The van der Waals surface area contributed by atoms with E-state index in [4.69, 9.17) is 4.74 Å². The van der Waals surface area contributed by atoms with Crippen molar-refractivity contribution in [2.75, 3.05) is 19.7 Å². The monoisotopic (exact) mass is 404 g/mol. The van der Waals surface area contributed by atoms with Crippen molar-refractivity contribution >= 4 is 5.91 Å². The number of pyridine rings is 2. The lowest BCUT2D eigenvalue weighted by molar-refractivity contribution is -0.123. The van der Waals surface area contributed by atoms with Crippen molar-refractivity contribution in [1.82, 2.24) is 20.6 Å². The Morgan fingerprint density at radius 2 is 1.60 bits per heavy atom. The predicted octanol–water partition coefficient (Wildman–Crippen LogP) is 3.11. The number of hydrogen-bond donors (Lipinski definition) is 2. The van der Waals surface area contributed by atoms with Crippen molar-refractivity contribution in [3.05, 3.63) is 90.0 Å². The highest BCUT2D eigenvalue weighted by Crippen LogP contribution is 2.25. The summed E-state index contributed by atoms with van der Waals surface area (Å²) < 4.78 is 5.77. The SMILES string of the molecule is CCOc1ccccc1C(NCCc1cccnc1)C(=O)NCCc1cccnc1. The lowest BCUT2D eigenvalue weighted by atomic mass is 10.0. The number of para-hydroxylation sites is 1. The molecule has 1 atom stereocenters. The van der Waals surface area contributed by atoms with E-state index in [1.807, 2.05) is 67.8 Å². The third-order valence-electron chi connectivity index (χ3n) is 4.71. The molecule has 6 heteroatoms. The fourth-order valence-electron chi connectivity index (χ4n) is 3.23. The highest BCUT2D eigenvalue weighted by Gasteiger charge is 2.23. The summed E-state index contributed by atoms with van der Waals surface area (Å²) in [4.78, 5) is 21.3. The number of hydrogen-bond acceptors (Lipinski definition) is 5. The first kappa shape index (κ1) is 21.5. The van der Waals surface area contributed by atoms with Crippen molar-refractivity contribution in [3.63, 3.8) is 0 Å². The first-order valence-electron chi connectivity index (χ1n) is 10.3. The van der Waals surface area contributed by atoms with Crippen LogP contribution in [-0.2, 0) is 17.6 Å². The van der Waals surface area contributed by atoms with Gasteiger partial charge in [-0.1, -0.05) is 30.3 Å². The molecule has 1 unspecified atom stereocenters. The minimum atomic E-state index is -0.502. The predicted molar refractivity (Wildman–Crippen MR) is 117 cm³/mol. The molecule has 0 aliphatic rings. The Morgan fingerprint density at radius 1 is 0.933 bits per heavy atom. The number of amides is 1. The molecule has 0 radical (unpaired) electrons. The molecule has 2 N–H and O–H groups in total. The van der Waals surface area contributed by atoms with Gasteiger partial charge in [0, 0.05) is 43.4 Å². The Labute approximate surface area is 177 Å². The Hall–Kier alpha value is -3.25. The minimum Gasteiger partial charge on any atom is -0.494 e. The first-order valence-corrected chi connectivity index (χ1v) is 10.3. The van der Waals surface area contributed by atoms with Crippen LogP contribution in [0.1, 0.15) is 29.7 Å². The van der Waals surface area contributed by atoms with Gasteiger partial charge >= 0.3 is 0 Å². The van der Waals surface area contributed by atoms with Gasteiger partial charge in [-0.05, 0) is 49.1 Å². The summed E-state index contributed by atoms with van der Waals surface area (Å²) in [5.41, 5.74) is 3.05. The van der Waals surface area contributed by atoms with Crippen LogP contribution in [-0.4, -0.2) is 35.6 Å². The normalized spacial score (nSPS) is 11.6. The summed E-state index contributed by atoms with van der Waals surface area (Å²) in [6.45, 7) is 3.67. The van der Waals surface area contributed by atoms with Crippen LogP contribution in [0.3, 0.4) is 0 Å². The van der Waals surface area contributed by atoms with Crippen molar-refractivity contribution in [1.29, 1.82) is 0 Å². The van der Waals surface area contributed by atoms with Crippen molar-refractivity contribution in [3.8, 4) is 5.75 Å². The van der Waals surface area contributed by atoms with E-state index in [-0.39, 0.29) is 5.91 Å². The van der Waals surface area contributed by atoms with Gasteiger partial charge in [0.2, 0.25) is 5.91 Å². The number of nitrogens with zero attached hydrogens (tertiary/aromatic N) is 2. The molecule has 0 bridgehead atoms. The van der Waals surface area contributed by atoms with Gasteiger partial charge in [-0.3, -0.25) is 14.8 Å². The molecular formula is C24H28N4O2. The molecule has 2 heterocycles. The third kappa shape index (κ3) is 6.39. The molecule has 0 saturated heterocycles. The van der Waals surface area contributed by atoms with Crippen LogP contribution in [0.4, 0.5) is 0 Å². The topological polar surface area (TPSA) is 76.1 Å². The summed E-state index contributed by atoms with van der Waals surface area (Å²) in [6.07, 6.45) is 8.68. The largest absolute Gasteiger partial charge is 0.494 e. The number of benzene rings is 1. The number of rotatable bonds is 11. The van der Waals surface area contributed by atoms with Crippen molar-refractivity contribution in [2.24, 2.45) is 0 Å². The quantitative estimate of drug-likeness (QED) is 0.514. The fraction of sp³-hybridized carbons (Fsp3) is 0.292. The average Bonchev–Trinajstić information content (AvgIpc) is 2.79. The third-order valence-corrected chi connectivity index (χ3v) is 4.71. The summed E-state index contributed by atoms with van der Waals surface area (Å²) >= 11 is 0. The molecule has 1 aromatic carbocycles. The van der Waals surface area contributed by atoms with Crippen LogP contribution in [0.25, 0.3) is 0 Å². The second-order valence-corrected chi connectivity index (χ2v) is 6.87. The zero-order valence-electron chi connectivity index (χ0n) is 17.3. The van der Waals surface area contributed by atoms with E-state index in [9.17, 15) is 4.79 Å². The van der Waals surface area contributed by atoms with E-state index >= 15 is 0 Å². The second-order valence-electron chi connectivity index (χ2n) is 6.87. The van der Waals surface area contributed by atoms with Crippen LogP contribution in [0, 0.1) is 0 Å². The maximum atomic E-state index is 13.1. The highest BCUT2D eigenvalue weighted by molar-refractivity contribution is 5.84. The molecule has 0 aliphatic carbocycles. The molecule has 6 nitrogen and oxygen atoms in total. The Kier molecular flexibility index (Phi) is 8.35. The van der Waals surface area contributed by atoms with Gasteiger partial charge in [0.1, 0.15) is 11.8 Å². The lowest BCUT2D eigenvalue weighted by Crippen LogP contribution is -2.39. The molecule has 30 heavy (non-hydrogen) atoms. The Bertz CT molecular complexity index is 903. The van der Waals surface area contributed by atoms with E-state index in [1.54, 1.807) is 12.4 Å². The van der Waals surface area contributed by atoms with Gasteiger partial charge in [0.25, 0.3) is 0 Å². The van der Waals surface area contributed by atoms with Gasteiger partial charge in [0.05, 0.1) is 6.61 Å². The van der Waals surface area contributed by atoms with Crippen LogP contribution < -0.4 is 15.4 Å². The maximum Gasteiger partial charge on any atom is 0.241 e. The smallest absolute Gasteiger partial charge is 0.241 e. The lowest BCUT2D eigenvalue weighted by Gasteiger charge is -2.21. The molecule has 0 spiro atoms. The van der Waals surface area contributed by atoms with E-state index in [0.717, 1.165) is 35.3 Å². The zero-order chi connectivity index (χ0) is 21.0. The molecule has 156 valence electrons. The van der Waals surface area contributed by atoms with Gasteiger partial charge in [-0.2, -0.15) is 0 Å². The maximum absolute atomic E-state index is 13.1. The molecule has 0 fully saturated rings. The molecule has 2 aromatic heterocycles. The van der Waals surface area contributed by atoms with Crippen molar-refractivity contribution < 1.29 is 9.53 Å². The molecule has 3 aromatic rings. The number of ether oxygens (including phenoxy) is 1. The Morgan fingerprint density at radius 3 is 2.23 bits per heavy atom. The number of aromatic nitrogens is 2. The van der Waals surface area contributed by atoms with E-state index in [2.05, 4.69) is 20.6 Å². The minimum absolute atomic E-state index is 0.0720. The summed E-state index contributed by atoms with van der Waals surface area (Å²) in [6, 6.07) is 15.0. The average molecular weight is 405 g/mol. The number of carbonyl (C=O) groups excluding carboxylic acids is 1. The van der Waals surface area contributed by atoms with Gasteiger partial charge in [-0.25, -0.2) is 0 Å². The van der Waals surface area contributed by atoms with E-state index in [0.29, 0.717) is 19.7 Å². The van der Waals surface area contributed by atoms with Gasteiger partial charge in [-0.15, -0.1) is 0 Å². The summed E-state index contributed by atoms with van der Waals surface area (Å²) in [5, 5.41) is 6.45. The molecule has 0 aliphatic heterocycles. The van der Waals surface area contributed by atoms with Crippen LogP contribution in [0.15, 0.2) is 73.3 Å². The Balaban J connectivity index is 1.67. The molecule has 0 saturated carbocycles. The summed E-state index contributed by atoms with van der Waals surface area (Å²) in [5.74, 6) is 0.651. The number of nitrogens with one attached hydrogen (secondary N) is 2. The zero-order valence-corrected chi connectivity index (χ0v) is 17.3. The first-order chi connectivity index (χ1) is 14.8. The van der Waals surface area contributed by atoms with E-state index in [1.165, 1.54) is 0 Å². The highest BCUT2D eigenvalue weighted by atomic mass is 16.5. The number of carbonyl (C=O) groups is 1. The van der Waals surface area contributed by atoms with Crippen molar-refractivity contribution in [2.45, 2.75) is 25.8 Å². The fourth-order valence-corrected chi connectivity index (χ4v) is 3.23. The standard InChI is InChI=1S/C24H28N4O2/c1-2-30-22-10-4-3-9-21(22)23(27-15-11-19-7-5-13-25-17-19)24(29)28-16-12-20-8-6-14-26-18-20/h3-10,13-14,17-18,23,27H,2,11-12,15-16H2,1H3,(H,28,29). The summed E-state index contributed by atoms with van der Waals surface area (Å²) in [7, 11) is 0. The van der Waals surface area contributed by atoms with Crippen LogP contribution in [0.2, 0.25) is 0 Å².